The molecular weight excluding hydrogens is 164 g/mol. The molecule has 2 nitrogen and oxygen atoms in total. The SMILES string of the molecule is CCCC/C=C/CCC(C)C(=O)O. The molecule has 1 atom stereocenters. The number of hydrogen-bond donors (Lipinski definition) is 1. The molecule has 0 heterocycles. The zero-order valence-corrected chi connectivity index (χ0v) is 8.62. The van der Waals surface area contributed by atoms with E-state index in [0.717, 1.165) is 19.3 Å². The molecule has 0 amide bonds. The molecule has 0 aromatic carbocycles. The summed E-state index contributed by atoms with van der Waals surface area (Å²) in [5.74, 6) is -0.905. The van der Waals surface area contributed by atoms with Gasteiger partial charge in [0.15, 0.2) is 0 Å². The third-order valence-electron chi connectivity index (χ3n) is 2.08. The van der Waals surface area contributed by atoms with Gasteiger partial charge in [0.2, 0.25) is 0 Å². The first-order valence-corrected chi connectivity index (χ1v) is 5.06. The Morgan fingerprint density at radius 2 is 2.00 bits per heavy atom. The van der Waals surface area contributed by atoms with Crippen LogP contribution in [0.1, 0.15) is 46.0 Å². The number of aliphatic carboxylic acids is 1. The Bertz CT molecular complexity index is 161. The highest BCUT2D eigenvalue weighted by Crippen LogP contribution is 2.06. The average molecular weight is 184 g/mol. The topological polar surface area (TPSA) is 37.3 Å². The van der Waals surface area contributed by atoms with Crippen molar-refractivity contribution in [2.75, 3.05) is 0 Å². The lowest BCUT2D eigenvalue weighted by Gasteiger charge is -2.01. The lowest BCUT2D eigenvalue weighted by Crippen LogP contribution is -2.08. The summed E-state index contributed by atoms with van der Waals surface area (Å²) in [6.07, 6.45) is 9.45. The predicted molar refractivity (Wildman–Crippen MR) is 54.7 cm³/mol. The van der Waals surface area contributed by atoms with E-state index in [1.165, 1.54) is 12.8 Å². The van der Waals surface area contributed by atoms with Crippen LogP contribution in [0.15, 0.2) is 12.2 Å². The Balaban J connectivity index is 3.33. The molecule has 0 aliphatic carbocycles. The van der Waals surface area contributed by atoms with Gasteiger partial charge in [-0.05, 0) is 19.3 Å². The molecule has 0 radical (unpaired) electrons. The van der Waals surface area contributed by atoms with Crippen molar-refractivity contribution >= 4 is 5.97 Å². The largest absolute Gasteiger partial charge is 0.481 e. The van der Waals surface area contributed by atoms with Crippen molar-refractivity contribution < 1.29 is 9.90 Å². The fraction of sp³-hybridized carbons (Fsp3) is 0.727. The second-order valence-corrected chi connectivity index (χ2v) is 3.43. The maximum absolute atomic E-state index is 10.4. The third-order valence-corrected chi connectivity index (χ3v) is 2.08. The zero-order chi connectivity index (χ0) is 10.1. The summed E-state index contributed by atoms with van der Waals surface area (Å²) in [4.78, 5) is 10.4. The van der Waals surface area contributed by atoms with E-state index < -0.39 is 5.97 Å². The Kier molecular flexibility index (Phi) is 7.36. The van der Waals surface area contributed by atoms with Gasteiger partial charge in [-0.2, -0.15) is 0 Å². The number of hydrogen-bond acceptors (Lipinski definition) is 1. The van der Waals surface area contributed by atoms with Crippen LogP contribution in [-0.2, 0) is 4.79 Å². The van der Waals surface area contributed by atoms with Crippen molar-refractivity contribution in [3.63, 3.8) is 0 Å². The molecule has 2 heteroatoms. The van der Waals surface area contributed by atoms with E-state index in [9.17, 15) is 4.79 Å². The van der Waals surface area contributed by atoms with Crippen molar-refractivity contribution in [1.82, 2.24) is 0 Å². The van der Waals surface area contributed by atoms with Gasteiger partial charge in [-0.1, -0.05) is 38.8 Å². The van der Waals surface area contributed by atoms with Crippen LogP contribution < -0.4 is 0 Å². The van der Waals surface area contributed by atoms with Gasteiger partial charge in [-0.3, -0.25) is 4.79 Å². The lowest BCUT2D eigenvalue weighted by molar-refractivity contribution is -0.141. The summed E-state index contributed by atoms with van der Waals surface area (Å²) in [6, 6.07) is 0. The highest BCUT2D eigenvalue weighted by atomic mass is 16.4. The second-order valence-electron chi connectivity index (χ2n) is 3.43. The average Bonchev–Trinajstić information content (AvgIpc) is 2.10. The second kappa shape index (κ2) is 7.84. The Morgan fingerprint density at radius 3 is 2.54 bits per heavy atom. The number of unbranched alkanes of at least 4 members (excludes halogenated alkanes) is 2. The monoisotopic (exact) mass is 184 g/mol. The summed E-state index contributed by atoms with van der Waals surface area (Å²) in [5.41, 5.74) is 0. The van der Waals surface area contributed by atoms with Gasteiger partial charge in [0.25, 0.3) is 0 Å². The van der Waals surface area contributed by atoms with E-state index in [1.807, 2.05) is 0 Å². The van der Waals surface area contributed by atoms with Crippen LogP contribution in [0.3, 0.4) is 0 Å². The molecule has 0 fully saturated rings. The first-order chi connectivity index (χ1) is 6.18. The number of rotatable bonds is 7. The standard InChI is InChI=1S/C11H20O2/c1-3-4-5-6-7-8-9-10(2)11(12)13/h6-7,10H,3-5,8-9H2,1-2H3,(H,12,13)/b7-6+. The fourth-order valence-corrected chi connectivity index (χ4v) is 1.03. The van der Waals surface area contributed by atoms with Crippen molar-refractivity contribution in [3.05, 3.63) is 12.2 Å². The molecule has 1 N–H and O–H groups in total. The maximum Gasteiger partial charge on any atom is 0.306 e. The molecule has 0 spiro atoms. The molecule has 1 unspecified atom stereocenters. The summed E-state index contributed by atoms with van der Waals surface area (Å²) >= 11 is 0. The molecule has 0 aromatic rings. The summed E-state index contributed by atoms with van der Waals surface area (Å²) in [7, 11) is 0. The van der Waals surface area contributed by atoms with Crippen molar-refractivity contribution in [2.45, 2.75) is 46.0 Å². The first-order valence-electron chi connectivity index (χ1n) is 5.06. The highest BCUT2D eigenvalue weighted by Gasteiger charge is 2.08. The van der Waals surface area contributed by atoms with Crippen LogP contribution >= 0.6 is 0 Å². The number of carboxylic acids is 1. The van der Waals surface area contributed by atoms with E-state index in [1.54, 1.807) is 6.92 Å². The van der Waals surface area contributed by atoms with Crippen molar-refractivity contribution in [1.29, 1.82) is 0 Å². The summed E-state index contributed by atoms with van der Waals surface area (Å²) < 4.78 is 0. The van der Waals surface area contributed by atoms with Crippen LogP contribution in [0, 0.1) is 5.92 Å². The van der Waals surface area contributed by atoms with Gasteiger partial charge in [0.05, 0.1) is 5.92 Å². The van der Waals surface area contributed by atoms with Gasteiger partial charge in [-0.15, -0.1) is 0 Å². The molecule has 0 aliphatic rings. The minimum Gasteiger partial charge on any atom is -0.481 e. The van der Waals surface area contributed by atoms with Crippen LogP contribution in [0.25, 0.3) is 0 Å². The lowest BCUT2D eigenvalue weighted by atomic mass is 10.1. The maximum atomic E-state index is 10.4. The number of carboxylic acid groups (broad SMARTS) is 1. The normalized spacial score (nSPS) is 13.4. The number of carbonyl (C=O) groups is 1. The molecule has 0 rings (SSSR count). The first kappa shape index (κ1) is 12.2. The van der Waals surface area contributed by atoms with Gasteiger partial charge in [-0.25, -0.2) is 0 Å². The zero-order valence-electron chi connectivity index (χ0n) is 8.62. The third kappa shape index (κ3) is 7.57. The molecule has 0 aromatic heterocycles. The van der Waals surface area contributed by atoms with Crippen LogP contribution in [-0.4, -0.2) is 11.1 Å². The molecule has 0 saturated heterocycles. The smallest absolute Gasteiger partial charge is 0.306 e. The molecule has 13 heavy (non-hydrogen) atoms. The predicted octanol–water partition coefficient (Wildman–Crippen LogP) is 3.23. The summed E-state index contributed by atoms with van der Waals surface area (Å²) in [6.45, 7) is 3.92. The van der Waals surface area contributed by atoms with Gasteiger partial charge in [0, 0.05) is 0 Å². The fourth-order valence-electron chi connectivity index (χ4n) is 1.03. The van der Waals surface area contributed by atoms with Crippen molar-refractivity contribution in [2.24, 2.45) is 5.92 Å². The van der Waals surface area contributed by atoms with E-state index in [0.29, 0.717) is 0 Å². The number of allylic oxidation sites excluding steroid dienone is 2. The van der Waals surface area contributed by atoms with Gasteiger partial charge >= 0.3 is 5.97 Å². The van der Waals surface area contributed by atoms with E-state index in [2.05, 4.69) is 19.1 Å². The van der Waals surface area contributed by atoms with Crippen molar-refractivity contribution in [3.8, 4) is 0 Å². The molecule has 0 bridgehead atoms. The van der Waals surface area contributed by atoms with Gasteiger partial charge < -0.3 is 5.11 Å². The van der Waals surface area contributed by atoms with E-state index >= 15 is 0 Å². The minimum atomic E-state index is -0.693. The Hall–Kier alpha value is -0.790. The Labute approximate surface area is 80.7 Å². The molecule has 76 valence electrons. The van der Waals surface area contributed by atoms with Crippen LogP contribution in [0.5, 0.6) is 0 Å². The van der Waals surface area contributed by atoms with Gasteiger partial charge in [0.1, 0.15) is 0 Å². The van der Waals surface area contributed by atoms with Crippen LogP contribution in [0.2, 0.25) is 0 Å². The van der Waals surface area contributed by atoms with E-state index in [4.69, 9.17) is 5.11 Å². The summed E-state index contributed by atoms with van der Waals surface area (Å²) in [5, 5.41) is 8.60. The quantitative estimate of drug-likeness (QED) is 0.487. The molecule has 0 aliphatic heterocycles. The van der Waals surface area contributed by atoms with Crippen LogP contribution in [0.4, 0.5) is 0 Å². The molecular formula is C11H20O2. The molecule has 0 saturated carbocycles. The minimum absolute atomic E-state index is 0.212. The Morgan fingerprint density at radius 1 is 1.38 bits per heavy atom. The van der Waals surface area contributed by atoms with E-state index in [-0.39, 0.29) is 5.92 Å². The highest BCUT2D eigenvalue weighted by molar-refractivity contribution is 5.69.